The molecule has 4 rings (SSSR count). The van der Waals surface area contributed by atoms with Gasteiger partial charge in [-0.25, -0.2) is 14.1 Å². The van der Waals surface area contributed by atoms with Crippen LogP contribution in [-0.4, -0.2) is 84.4 Å². The van der Waals surface area contributed by atoms with Crippen LogP contribution in [0.2, 0.25) is 0 Å². The molecule has 10 nitrogen and oxygen atoms in total. The van der Waals surface area contributed by atoms with Gasteiger partial charge in [-0.3, -0.25) is 0 Å². The molecule has 1 aliphatic rings. The summed E-state index contributed by atoms with van der Waals surface area (Å²) in [6.45, 7) is 4.71. The topological polar surface area (TPSA) is 112 Å². The van der Waals surface area contributed by atoms with Gasteiger partial charge in [-0.05, 0) is 20.2 Å². The van der Waals surface area contributed by atoms with Crippen LogP contribution in [0.3, 0.4) is 0 Å². The Balaban J connectivity index is 1.48. The number of nitrogens with one attached hydrogen (secondary N) is 2. The van der Waals surface area contributed by atoms with Crippen molar-refractivity contribution in [1.29, 1.82) is 5.41 Å². The molecule has 2 aromatic heterocycles. The van der Waals surface area contributed by atoms with Crippen LogP contribution in [0, 0.1) is 11.2 Å². The smallest absolute Gasteiger partial charge is 0.229 e. The minimum Gasteiger partial charge on any atom is -0.378 e. The summed E-state index contributed by atoms with van der Waals surface area (Å²) in [6.07, 6.45) is 7.49. The first kappa shape index (κ1) is 24.7. The molecule has 0 amide bonds. The summed E-state index contributed by atoms with van der Waals surface area (Å²) in [5, 5.41) is 18.0. The number of aromatic nitrogens is 4. The number of hydrogen-bond acceptors (Lipinski definition) is 8. The van der Waals surface area contributed by atoms with Crippen molar-refractivity contribution in [3.63, 3.8) is 0 Å². The fourth-order valence-electron chi connectivity index (χ4n) is 3.93. The summed E-state index contributed by atoms with van der Waals surface area (Å²) < 4.78 is 22.4. The van der Waals surface area contributed by atoms with Gasteiger partial charge in [-0.15, -0.1) is 0 Å². The van der Waals surface area contributed by atoms with Crippen molar-refractivity contribution >= 4 is 28.9 Å². The number of fused-ring (bicyclic) bond motifs is 1. The largest absolute Gasteiger partial charge is 0.378 e. The predicted octanol–water partition coefficient (Wildman–Crippen LogP) is 1.27. The molecular weight excluding hydrogens is 449 g/mol. The van der Waals surface area contributed by atoms with E-state index in [9.17, 15) is 0 Å². The Morgan fingerprint density at radius 3 is 2.89 bits per heavy atom. The maximum Gasteiger partial charge on any atom is 0.229 e. The lowest BCUT2D eigenvalue weighted by Gasteiger charge is -2.29. The number of rotatable bonds is 11. The first-order chi connectivity index (χ1) is 17.0. The number of hydrogen-bond donors (Lipinski definition) is 3. The third kappa shape index (κ3) is 6.38. The highest BCUT2D eigenvalue weighted by molar-refractivity contribution is 5.80. The summed E-state index contributed by atoms with van der Waals surface area (Å²) in [7, 11) is 4.10. The van der Waals surface area contributed by atoms with Gasteiger partial charge in [-0.1, -0.05) is 12.1 Å². The third-order valence-corrected chi connectivity index (χ3v) is 5.79. The summed E-state index contributed by atoms with van der Waals surface area (Å²) in [5.74, 6) is 0.113. The first-order valence-corrected chi connectivity index (χ1v) is 11.8. The number of halogens is 1. The van der Waals surface area contributed by atoms with Gasteiger partial charge in [-0.2, -0.15) is 10.1 Å². The van der Waals surface area contributed by atoms with E-state index >= 15 is 4.39 Å². The monoisotopic (exact) mass is 482 g/mol. The van der Waals surface area contributed by atoms with Crippen molar-refractivity contribution in [3.8, 4) is 0 Å². The molecule has 1 aromatic carbocycles. The molecule has 0 spiro atoms. The van der Waals surface area contributed by atoms with Gasteiger partial charge in [0.1, 0.15) is 11.9 Å². The summed E-state index contributed by atoms with van der Waals surface area (Å²) >= 11 is 0. The lowest BCUT2D eigenvalue weighted by Crippen LogP contribution is -2.78. The number of nitrogens with zero attached hydrogens (tertiary/aromatic N) is 6. The zero-order valence-electron chi connectivity index (χ0n) is 20.2. The summed E-state index contributed by atoms with van der Waals surface area (Å²) in [5.41, 5.74) is 2.31. The summed E-state index contributed by atoms with van der Waals surface area (Å²) in [4.78, 5) is 13.1. The second-order valence-electron chi connectivity index (χ2n) is 8.70. The molecule has 3 heterocycles. The van der Waals surface area contributed by atoms with Crippen molar-refractivity contribution in [2.75, 3.05) is 63.7 Å². The Hall–Kier alpha value is -3.41. The van der Waals surface area contributed by atoms with Crippen molar-refractivity contribution in [2.24, 2.45) is 0 Å². The van der Waals surface area contributed by atoms with Gasteiger partial charge in [0.15, 0.2) is 11.5 Å². The van der Waals surface area contributed by atoms with E-state index in [0.717, 1.165) is 24.9 Å². The molecule has 11 heteroatoms. The van der Waals surface area contributed by atoms with Crippen molar-refractivity contribution < 1.29 is 14.4 Å². The molecule has 0 unspecified atom stereocenters. The second kappa shape index (κ2) is 11.8. The molecule has 186 valence electrons. The molecule has 0 aliphatic carbocycles. The molecule has 1 saturated heterocycles. The standard InChI is InChI=1S/C24H32FN9O/c1-32(2)8-4-7-27-16-20(13-26)30-24-28-14-19-15-29-34(23(19)31-24)17-18-5-3-6-21(22(18)25)33-9-11-35-12-10-33/h3,5-6,13-16,26-27H,4,7-12,17H2,1-2H3,(H,28,30,31)/p+1. The molecule has 1 fully saturated rings. The van der Waals surface area contributed by atoms with E-state index in [2.05, 4.69) is 25.3 Å². The van der Waals surface area contributed by atoms with Crippen LogP contribution < -0.4 is 15.5 Å². The molecule has 0 saturated carbocycles. The highest BCUT2D eigenvalue weighted by Crippen LogP contribution is 2.24. The van der Waals surface area contributed by atoms with E-state index in [0.29, 0.717) is 54.8 Å². The number of allylic oxidation sites excluding steroid dienone is 1. The molecular formula is C24H33FN9O+. The molecule has 35 heavy (non-hydrogen) atoms. The number of ether oxygens (including phenoxy) is 1. The van der Waals surface area contributed by atoms with Crippen LogP contribution in [0.1, 0.15) is 12.0 Å². The second-order valence-corrected chi connectivity index (χ2v) is 8.70. The van der Waals surface area contributed by atoms with Crippen LogP contribution in [0.5, 0.6) is 0 Å². The molecule has 0 radical (unpaired) electrons. The lowest BCUT2D eigenvalue weighted by molar-refractivity contribution is -0.588. The molecule has 0 bridgehead atoms. The van der Waals surface area contributed by atoms with Gasteiger partial charge >= 0.3 is 0 Å². The average Bonchev–Trinajstić information content (AvgIpc) is 3.26. The van der Waals surface area contributed by atoms with Gasteiger partial charge in [0.25, 0.3) is 0 Å². The van der Waals surface area contributed by atoms with Gasteiger partial charge in [0.05, 0.1) is 43.6 Å². The molecule has 0 atom stereocenters. The Bertz CT molecular complexity index is 1170. The SMILES string of the molecule is CN(C)CCC[NH2+]C=C(C=N)Nc1ncc2cnn(Cc3cccc(N4CCOCC4)c3F)c2n1. The van der Waals surface area contributed by atoms with Crippen LogP contribution in [0.15, 0.2) is 42.5 Å². The minimum absolute atomic E-state index is 0.246. The lowest BCUT2D eigenvalue weighted by atomic mass is 10.1. The van der Waals surface area contributed by atoms with E-state index in [-0.39, 0.29) is 12.4 Å². The normalized spacial score (nSPS) is 14.6. The number of quaternary nitrogens is 1. The van der Waals surface area contributed by atoms with E-state index in [1.807, 2.05) is 36.6 Å². The minimum atomic E-state index is -0.246. The van der Waals surface area contributed by atoms with Gasteiger partial charge in [0.2, 0.25) is 5.95 Å². The number of morpholine rings is 1. The van der Waals surface area contributed by atoms with E-state index in [1.54, 1.807) is 29.2 Å². The Kier molecular flexibility index (Phi) is 8.35. The van der Waals surface area contributed by atoms with Crippen molar-refractivity contribution in [2.45, 2.75) is 13.0 Å². The quantitative estimate of drug-likeness (QED) is 0.279. The fourth-order valence-corrected chi connectivity index (χ4v) is 3.93. The number of anilines is 2. The van der Waals surface area contributed by atoms with Crippen molar-refractivity contribution in [3.05, 3.63) is 53.9 Å². The van der Waals surface area contributed by atoms with Crippen molar-refractivity contribution in [1.82, 2.24) is 24.6 Å². The van der Waals surface area contributed by atoms with Gasteiger partial charge < -0.3 is 30.6 Å². The van der Waals surface area contributed by atoms with E-state index in [1.165, 1.54) is 6.21 Å². The Morgan fingerprint density at radius 1 is 1.29 bits per heavy atom. The predicted molar refractivity (Wildman–Crippen MR) is 134 cm³/mol. The van der Waals surface area contributed by atoms with Crippen LogP contribution >= 0.6 is 0 Å². The van der Waals surface area contributed by atoms with E-state index < -0.39 is 0 Å². The zero-order valence-corrected chi connectivity index (χ0v) is 20.2. The van der Waals surface area contributed by atoms with Crippen LogP contribution in [0.4, 0.5) is 16.0 Å². The van der Waals surface area contributed by atoms with Gasteiger partial charge in [0, 0.05) is 44.0 Å². The number of benzene rings is 1. The molecule has 1 aliphatic heterocycles. The first-order valence-electron chi connectivity index (χ1n) is 11.8. The highest BCUT2D eigenvalue weighted by Gasteiger charge is 2.18. The zero-order chi connectivity index (χ0) is 24.6. The average molecular weight is 483 g/mol. The Morgan fingerprint density at radius 2 is 2.11 bits per heavy atom. The highest BCUT2D eigenvalue weighted by atomic mass is 19.1. The summed E-state index contributed by atoms with van der Waals surface area (Å²) in [6, 6.07) is 5.44. The van der Waals surface area contributed by atoms with Crippen LogP contribution in [0.25, 0.3) is 11.0 Å². The van der Waals surface area contributed by atoms with Crippen LogP contribution in [-0.2, 0) is 11.3 Å². The third-order valence-electron chi connectivity index (χ3n) is 5.79. The molecule has 3 aromatic rings. The maximum absolute atomic E-state index is 15.4. The fraction of sp³-hybridized carbons (Fsp3) is 0.417. The Labute approximate surface area is 204 Å². The maximum atomic E-state index is 15.4. The molecule has 4 N–H and O–H groups in total. The number of nitrogens with two attached hydrogens (primary N) is 1. The van der Waals surface area contributed by atoms with E-state index in [4.69, 9.17) is 10.1 Å².